The quantitative estimate of drug-likeness (QED) is 0.645. The molecule has 0 unspecified atom stereocenters. The minimum atomic E-state index is -0.536. The molecule has 2 N–H and O–H groups in total. The molecule has 138 valence electrons. The molecule has 0 fully saturated rings. The molecule has 0 aliphatic carbocycles. The van der Waals surface area contributed by atoms with Crippen LogP contribution in [0.1, 0.15) is 5.56 Å². The Morgan fingerprint density at radius 1 is 1.08 bits per heavy atom. The molecule has 2 aromatic rings. The summed E-state index contributed by atoms with van der Waals surface area (Å²) in [6.07, 6.45) is 0.111. The molecule has 0 spiro atoms. The van der Waals surface area contributed by atoms with Crippen molar-refractivity contribution in [2.45, 2.75) is 6.42 Å². The van der Waals surface area contributed by atoms with Gasteiger partial charge in [-0.25, -0.2) is 0 Å². The third kappa shape index (κ3) is 6.09. The number of carbonyl (C=O) groups excluding carboxylic acids is 2. The second-order valence-electron chi connectivity index (χ2n) is 5.11. The molecule has 0 bridgehead atoms. The molecule has 9 heteroatoms. The summed E-state index contributed by atoms with van der Waals surface area (Å²) in [4.78, 5) is 23.6. The van der Waals surface area contributed by atoms with E-state index in [-0.39, 0.29) is 29.7 Å². The number of ether oxygens (including phenoxy) is 2. The number of hydrazine groups is 1. The van der Waals surface area contributed by atoms with Gasteiger partial charge < -0.3 is 9.47 Å². The zero-order valence-electron chi connectivity index (χ0n) is 13.6. The van der Waals surface area contributed by atoms with Crippen LogP contribution in [-0.2, 0) is 16.0 Å². The van der Waals surface area contributed by atoms with E-state index in [1.807, 2.05) is 0 Å². The summed E-state index contributed by atoms with van der Waals surface area (Å²) in [5.74, 6) is 0.0858. The van der Waals surface area contributed by atoms with Crippen LogP contribution in [0.2, 0.25) is 10.0 Å². The summed E-state index contributed by atoms with van der Waals surface area (Å²) in [5.41, 5.74) is 5.37. The van der Waals surface area contributed by atoms with Crippen molar-refractivity contribution in [2.24, 2.45) is 0 Å². The number of amides is 2. The van der Waals surface area contributed by atoms with Gasteiger partial charge in [-0.1, -0.05) is 35.3 Å². The van der Waals surface area contributed by atoms with Gasteiger partial charge in [0.05, 0.1) is 23.0 Å². The Morgan fingerprint density at radius 3 is 2.35 bits per heavy atom. The molecule has 2 rings (SSSR count). The molecule has 6 nitrogen and oxygen atoms in total. The molecule has 2 aromatic carbocycles. The Labute approximate surface area is 168 Å². The highest BCUT2D eigenvalue weighted by molar-refractivity contribution is 9.10. The Morgan fingerprint density at radius 2 is 1.73 bits per heavy atom. The Kier molecular flexibility index (Phi) is 7.56. The van der Waals surface area contributed by atoms with Gasteiger partial charge in [0.25, 0.3) is 5.91 Å². The number of benzene rings is 2. The Balaban J connectivity index is 1.78. The molecule has 0 atom stereocenters. The summed E-state index contributed by atoms with van der Waals surface area (Å²) in [6.45, 7) is -0.331. The Hall–Kier alpha value is -1.96. The van der Waals surface area contributed by atoms with Crippen LogP contribution in [-0.4, -0.2) is 25.5 Å². The molecule has 0 saturated carbocycles. The fourth-order valence-corrected chi connectivity index (χ4v) is 3.32. The molecule has 0 saturated heterocycles. The van der Waals surface area contributed by atoms with Gasteiger partial charge in [0.2, 0.25) is 5.91 Å². The lowest BCUT2D eigenvalue weighted by Crippen LogP contribution is -2.44. The minimum absolute atomic E-state index is 0.111. The van der Waals surface area contributed by atoms with Gasteiger partial charge in [-0.3, -0.25) is 20.4 Å². The van der Waals surface area contributed by atoms with Gasteiger partial charge in [-0.05, 0) is 45.8 Å². The zero-order chi connectivity index (χ0) is 19.1. The molecule has 0 aromatic heterocycles. The summed E-state index contributed by atoms with van der Waals surface area (Å²) in [6, 6.07) is 10.1. The highest BCUT2D eigenvalue weighted by Crippen LogP contribution is 2.35. The van der Waals surface area contributed by atoms with E-state index >= 15 is 0 Å². The highest BCUT2D eigenvalue weighted by atomic mass is 79.9. The van der Waals surface area contributed by atoms with Crippen LogP contribution in [0.5, 0.6) is 11.5 Å². The SMILES string of the molecule is COc1ccc(CC(=O)NNC(=O)COc2c(Cl)cc(Cl)cc2Br)cc1. The van der Waals surface area contributed by atoms with Gasteiger partial charge in [0, 0.05) is 5.02 Å². The Bertz CT molecular complexity index is 777. The van der Waals surface area contributed by atoms with E-state index in [2.05, 4.69) is 26.8 Å². The van der Waals surface area contributed by atoms with Crippen molar-refractivity contribution in [3.8, 4) is 11.5 Å². The first-order valence-corrected chi connectivity index (χ1v) is 8.92. The van der Waals surface area contributed by atoms with Crippen LogP contribution in [0.25, 0.3) is 0 Å². The summed E-state index contributed by atoms with van der Waals surface area (Å²) in [7, 11) is 1.56. The summed E-state index contributed by atoms with van der Waals surface area (Å²) < 4.78 is 10.9. The maximum atomic E-state index is 11.9. The van der Waals surface area contributed by atoms with E-state index in [0.29, 0.717) is 15.2 Å². The first-order valence-electron chi connectivity index (χ1n) is 7.37. The molecule has 2 amide bonds. The van der Waals surface area contributed by atoms with Crippen molar-refractivity contribution < 1.29 is 19.1 Å². The average molecular weight is 462 g/mol. The van der Waals surface area contributed by atoms with Crippen LogP contribution in [0.15, 0.2) is 40.9 Å². The molecular formula is C17H15BrCl2N2O4. The van der Waals surface area contributed by atoms with Gasteiger partial charge in [0.1, 0.15) is 5.75 Å². The van der Waals surface area contributed by atoms with E-state index in [9.17, 15) is 9.59 Å². The molecule has 0 radical (unpaired) electrons. The summed E-state index contributed by atoms with van der Waals surface area (Å²) >= 11 is 15.1. The van der Waals surface area contributed by atoms with E-state index < -0.39 is 5.91 Å². The lowest BCUT2D eigenvalue weighted by atomic mass is 10.1. The average Bonchev–Trinajstić information content (AvgIpc) is 2.59. The molecule has 0 heterocycles. The van der Waals surface area contributed by atoms with Crippen molar-refractivity contribution in [3.63, 3.8) is 0 Å². The summed E-state index contributed by atoms with van der Waals surface area (Å²) in [5, 5.41) is 0.699. The number of rotatable bonds is 6. The van der Waals surface area contributed by atoms with Gasteiger partial charge in [-0.2, -0.15) is 0 Å². The molecule has 0 aliphatic rings. The predicted octanol–water partition coefficient (Wildman–Crippen LogP) is 3.53. The first-order chi connectivity index (χ1) is 12.4. The normalized spacial score (nSPS) is 10.2. The number of hydrogen-bond donors (Lipinski definition) is 2. The zero-order valence-corrected chi connectivity index (χ0v) is 16.7. The van der Waals surface area contributed by atoms with E-state index in [1.54, 1.807) is 37.4 Å². The van der Waals surface area contributed by atoms with Gasteiger partial charge in [-0.15, -0.1) is 0 Å². The third-order valence-corrected chi connectivity index (χ3v) is 4.26. The number of methoxy groups -OCH3 is 1. The van der Waals surface area contributed by atoms with Crippen LogP contribution in [0.4, 0.5) is 0 Å². The van der Waals surface area contributed by atoms with Crippen LogP contribution >= 0.6 is 39.1 Å². The smallest absolute Gasteiger partial charge is 0.276 e. The van der Waals surface area contributed by atoms with Crippen molar-refractivity contribution in [1.29, 1.82) is 0 Å². The van der Waals surface area contributed by atoms with Crippen molar-refractivity contribution >= 4 is 50.9 Å². The largest absolute Gasteiger partial charge is 0.497 e. The molecule has 0 aliphatic heterocycles. The van der Waals surface area contributed by atoms with Crippen molar-refractivity contribution in [1.82, 2.24) is 10.9 Å². The topological polar surface area (TPSA) is 76.7 Å². The third-order valence-electron chi connectivity index (χ3n) is 3.18. The van der Waals surface area contributed by atoms with Crippen LogP contribution < -0.4 is 20.3 Å². The monoisotopic (exact) mass is 460 g/mol. The lowest BCUT2D eigenvalue weighted by molar-refractivity contribution is -0.129. The van der Waals surface area contributed by atoms with Gasteiger partial charge in [0.15, 0.2) is 12.4 Å². The van der Waals surface area contributed by atoms with Crippen molar-refractivity contribution in [2.75, 3.05) is 13.7 Å². The highest BCUT2D eigenvalue weighted by Gasteiger charge is 2.12. The maximum absolute atomic E-state index is 11.9. The fourth-order valence-electron chi connectivity index (χ4n) is 1.95. The van der Waals surface area contributed by atoms with E-state index in [0.717, 1.165) is 5.56 Å². The molecular weight excluding hydrogens is 447 g/mol. The standard InChI is InChI=1S/C17H15BrCl2N2O4/c1-25-12-4-2-10(3-5-12)6-15(23)21-22-16(24)9-26-17-13(18)7-11(19)8-14(17)20/h2-5,7-8H,6,9H2,1H3,(H,21,23)(H,22,24). The van der Waals surface area contributed by atoms with Crippen molar-refractivity contribution in [3.05, 3.63) is 56.5 Å². The number of carbonyl (C=O) groups is 2. The second-order valence-corrected chi connectivity index (χ2v) is 6.81. The number of halogens is 3. The number of nitrogens with one attached hydrogen (secondary N) is 2. The van der Waals surface area contributed by atoms with Crippen LogP contribution in [0, 0.1) is 0 Å². The van der Waals surface area contributed by atoms with E-state index in [4.69, 9.17) is 32.7 Å². The lowest BCUT2D eigenvalue weighted by Gasteiger charge is -2.11. The van der Waals surface area contributed by atoms with E-state index in [1.165, 1.54) is 6.07 Å². The fraction of sp³-hybridized carbons (Fsp3) is 0.176. The van der Waals surface area contributed by atoms with Gasteiger partial charge >= 0.3 is 0 Å². The van der Waals surface area contributed by atoms with Crippen LogP contribution in [0.3, 0.4) is 0 Å². The predicted molar refractivity (Wildman–Crippen MR) is 103 cm³/mol. The second kappa shape index (κ2) is 9.66. The minimum Gasteiger partial charge on any atom is -0.497 e. The first kappa shape index (κ1) is 20.4. The number of hydrogen-bond acceptors (Lipinski definition) is 4. The molecule has 26 heavy (non-hydrogen) atoms. The maximum Gasteiger partial charge on any atom is 0.276 e.